The Labute approximate surface area is 437 Å². The molecule has 0 saturated heterocycles. The van der Waals surface area contributed by atoms with Crippen molar-refractivity contribution in [3.63, 3.8) is 0 Å². The molecule has 6 nitrogen and oxygen atoms in total. The van der Waals surface area contributed by atoms with E-state index in [9.17, 15) is 14.4 Å². The van der Waals surface area contributed by atoms with Crippen LogP contribution in [-0.2, 0) is 28.6 Å². The Morgan fingerprint density at radius 3 is 0.915 bits per heavy atom. The topological polar surface area (TPSA) is 78.9 Å². The largest absolute Gasteiger partial charge is 0.462 e. The number of carbonyl (C=O) groups is 3. The molecule has 0 rings (SSSR count). The Kier molecular flexibility index (Phi) is 54.9. The Balaban J connectivity index is 4.45. The average Bonchev–Trinajstić information content (AvgIpc) is 3.37. The first-order chi connectivity index (χ1) is 35.0. The SMILES string of the molecule is CC/C=C\C/C=C\C/C=C\C/C=C\C/C=C\C/C=C\C/C=C\CCCCCC(=O)OCC(COC(=O)CCCCCCC/C=C\CCCCCC)OC(=O)CCCCCCC/C=C\C/C=C\CCCCC. The fraction of sp³-hybridized carbons (Fsp3) is 0.646. The predicted octanol–water partition coefficient (Wildman–Crippen LogP) is 19.6. The van der Waals surface area contributed by atoms with Crippen LogP contribution in [0, 0.1) is 0 Å². The minimum absolute atomic E-state index is 0.101. The van der Waals surface area contributed by atoms with Gasteiger partial charge in [-0.25, -0.2) is 0 Å². The van der Waals surface area contributed by atoms with Crippen molar-refractivity contribution < 1.29 is 28.6 Å². The van der Waals surface area contributed by atoms with E-state index in [-0.39, 0.29) is 31.1 Å². The van der Waals surface area contributed by atoms with E-state index < -0.39 is 6.10 Å². The molecular formula is C65H106O6. The van der Waals surface area contributed by atoms with E-state index in [1.54, 1.807) is 0 Å². The summed E-state index contributed by atoms with van der Waals surface area (Å²) in [4.78, 5) is 38.1. The molecule has 0 saturated carbocycles. The first-order valence-corrected chi connectivity index (χ1v) is 29.0. The van der Waals surface area contributed by atoms with Crippen molar-refractivity contribution in [1.29, 1.82) is 0 Å². The van der Waals surface area contributed by atoms with Crippen LogP contribution in [0.5, 0.6) is 0 Å². The predicted molar refractivity (Wildman–Crippen MR) is 306 cm³/mol. The van der Waals surface area contributed by atoms with E-state index in [2.05, 4.69) is 142 Å². The third-order valence-corrected chi connectivity index (χ3v) is 11.9. The molecule has 0 aliphatic rings. The number of hydrogen-bond acceptors (Lipinski definition) is 6. The summed E-state index contributed by atoms with van der Waals surface area (Å²) in [5.41, 5.74) is 0. The summed E-state index contributed by atoms with van der Waals surface area (Å²) in [6, 6.07) is 0. The van der Waals surface area contributed by atoms with Crippen LogP contribution in [-0.4, -0.2) is 37.2 Å². The molecule has 0 spiro atoms. The van der Waals surface area contributed by atoms with Crippen LogP contribution in [0.25, 0.3) is 0 Å². The van der Waals surface area contributed by atoms with Gasteiger partial charge in [-0.05, 0) is 135 Å². The van der Waals surface area contributed by atoms with Gasteiger partial charge in [-0.3, -0.25) is 14.4 Å². The molecule has 0 aromatic carbocycles. The number of hydrogen-bond donors (Lipinski definition) is 0. The summed E-state index contributed by atoms with van der Waals surface area (Å²) in [6.45, 7) is 6.43. The first-order valence-electron chi connectivity index (χ1n) is 29.0. The summed E-state index contributed by atoms with van der Waals surface area (Å²) < 4.78 is 16.8. The van der Waals surface area contributed by atoms with Gasteiger partial charge in [0.05, 0.1) is 0 Å². The minimum atomic E-state index is -0.806. The number of ether oxygens (including phenoxy) is 3. The molecule has 0 fully saturated rings. The fourth-order valence-corrected chi connectivity index (χ4v) is 7.56. The molecule has 1 atom stereocenters. The molecule has 0 aromatic heterocycles. The van der Waals surface area contributed by atoms with Crippen molar-refractivity contribution in [3.8, 4) is 0 Å². The minimum Gasteiger partial charge on any atom is -0.462 e. The lowest BCUT2D eigenvalue weighted by atomic mass is 10.1. The van der Waals surface area contributed by atoms with Crippen molar-refractivity contribution in [1.82, 2.24) is 0 Å². The molecular weight excluding hydrogens is 877 g/mol. The highest BCUT2D eigenvalue weighted by Crippen LogP contribution is 2.13. The van der Waals surface area contributed by atoms with Crippen LogP contribution < -0.4 is 0 Å². The lowest BCUT2D eigenvalue weighted by Crippen LogP contribution is -2.30. The van der Waals surface area contributed by atoms with Gasteiger partial charge in [0.25, 0.3) is 0 Å². The number of esters is 3. The number of carbonyl (C=O) groups excluding carboxylic acids is 3. The summed E-state index contributed by atoms with van der Waals surface area (Å²) in [5, 5.41) is 0. The maximum Gasteiger partial charge on any atom is 0.306 e. The second-order valence-corrected chi connectivity index (χ2v) is 18.8. The molecule has 0 heterocycles. The molecule has 1 unspecified atom stereocenters. The molecule has 0 aromatic rings. The zero-order valence-corrected chi connectivity index (χ0v) is 45.9. The molecule has 71 heavy (non-hydrogen) atoms. The molecule has 0 amide bonds. The van der Waals surface area contributed by atoms with Crippen LogP contribution in [0.2, 0.25) is 0 Å². The van der Waals surface area contributed by atoms with Crippen molar-refractivity contribution in [2.75, 3.05) is 13.2 Å². The van der Waals surface area contributed by atoms with Crippen LogP contribution in [0.15, 0.2) is 122 Å². The molecule has 0 bridgehead atoms. The second kappa shape index (κ2) is 58.4. The van der Waals surface area contributed by atoms with Gasteiger partial charge in [0.15, 0.2) is 6.10 Å². The van der Waals surface area contributed by atoms with Gasteiger partial charge in [0.1, 0.15) is 13.2 Å². The monoisotopic (exact) mass is 983 g/mol. The van der Waals surface area contributed by atoms with Gasteiger partial charge in [-0.2, -0.15) is 0 Å². The van der Waals surface area contributed by atoms with Crippen LogP contribution in [0.3, 0.4) is 0 Å². The number of rotatable bonds is 51. The lowest BCUT2D eigenvalue weighted by Gasteiger charge is -2.18. The van der Waals surface area contributed by atoms with Crippen molar-refractivity contribution in [3.05, 3.63) is 122 Å². The first kappa shape index (κ1) is 66.8. The third-order valence-electron chi connectivity index (χ3n) is 11.9. The highest BCUT2D eigenvalue weighted by molar-refractivity contribution is 5.71. The zero-order valence-electron chi connectivity index (χ0n) is 45.9. The average molecular weight is 984 g/mol. The van der Waals surface area contributed by atoms with Crippen molar-refractivity contribution >= 4 is 17.9 Å². The van der Waals surface area contributed by atoms with Gasteiger partial charge < -0.3 is 14.2 Å². The van der Waals surface area contributed by atoms with Gasteiger partial charge in [-0.15, -0.1) is 0 Å². The standard InChI is InChI=1S/C65H106O6/c1-4-7-10-13-16-19-22-25-27-28-29-30-31-32-33-34-35-36-38-40-43-46-49-52-55-58-64(67)70-61-62(60-69-63(66)57-54-51-48-45-42-39-24-21-18-15-12-9-6-3)71-65(68)59-56-53-50-47-44-41-37-26-23-20-17-14-11-8-5-2/h7,10,16-17,19-21,24-27,29-30,32-33,35-37,40,43,62H,4-6,8-9,11-15,18,22-23,28,31,34,38-39,41-42,44-61H2,1-3H3/b10-7-,19-16-,20-17-,24-21-,27-25-,30-29-,33-32-,36-35-,37-26-,43-40-. The summed E-state index contributed by atoms with van der Waals surface area (Å²) in [7, 11) is 0. The van der Waals surface area contributed by atoms with E-state index in [0.29, 0.717) is 19.3 Å². The van der Waals surface area contributed by atoms with E-state index in [4.69, 9.17) is 14.2 Å². The van der Waals surface area contributed by atoms with Crippen LogP contribution in [0.1, 0.15) is 252 Å². The van der Waals surface area contributed by atoms with Crippen LogP contribution in [0.4, 0.5) is 0 Å². The van der Waals surface area contributed by atoms with Gasteiger partial charge in [0.2, 0.25) is 0 Å². The smallest absolute Gasteiger partial charge is 0.306 e. The fourth-order valence-electron chi connectivity index (χ4n) is 7.56. The third kappa shape index (κ3) is 56.6. The Morgan fingerprint density at radius 1 is 0.296 bits per heavy atom. The lowest BCUT2D eigenvalue weighted by molar-refractivity contribution is -0.167. The Hall–Kier alpha value is -4.19. The van der Waals surface area contributed by atoms with Crippen molar-refractivity contribution in [2.24, 2.45) is 0 Å². The van der Waals surface area contributed by atoms with Crippen LogP contribution >= 0.6 is 0 Å². The Bertz CT molecular complexity index is 1500. The van der Waals surface area contributed by atoms with Gasteiger partial charge >= 0.3 is 17.9 Å². The quantitative estimate of drug-likeness (QED) is 0.0261. The summed E-state index contributed by atoms with van der Waals surface area (Å²) >= 11 is 0. The molecule has 0 aliphatic carbocycles. The van der Waals surface area contributed by atoms with Gasteiger partial charge in [0, 0.05) is 19.3 Å². The summed E-state index contributed by atoms with van der Waals surface area (Å²) in [6.07, 6.45) is 80.4. The van der Waals surface area contributed by atoms with E-state index >= 15 is 0 Å². The molecule has 402 valence electrons. The second-order valence-electron chi connectivity index (χ2n) is 18.8. The maximum absolute atomic E-state index is 12.8. The normalized spacial score (nSPS) is 13.0. The highest BCUT2D eigenvalue weighted by atomic mass is 16.6. The van der Waals surface area contributed by atoms with E-state index in [1.165, 1.54) is 64.2 Å². The van der Waals surface area contributed by atoms with Crippen molar-refractivity contribution in [2.45, 2.75) is 258 Å². The van der Waals surface area contributed by atoms with E-state index in [1.807, 2.05) is 0 Å². The molecule has 0 aliphatic heterocycles. The number of unbranched alkanes of at least 4 members (excludes halogenated alkanes) is 20. The van der Waals surface area contributed by atoms with Gasteiger partial charge in [-0.1, -0.05) is 219 Å². The maximum atomic E-state index is 12.8. The zero-order chi connectivity index (χ0) is 51.4. The number of allylic oxidation sites excluding steroid dienone is 20. The van der Waals surface area contributed by atoms with E-state index in [0.717, 1.165) is 148 Å². The molecule has 0 radical (unpaired) electrons. The molecule has 0 N–H and O–H groups in total. The molecule has 6 heteroatoms. The highest BCUT2D eigenvalue weighted by Gasteiger charge is 2.19. The Morgan fingerprint density at radius 2 is 0.549 bits per heavy atom. The summed E-state index contributed by atoms with van der Waals surface area (Å²) in [5.74, 6) is -0.960.